The summed E-state index contributed by atoms with van der Waals surface area (Å²) in [7, 11) is 0. The third kappa shape index (κ3) is 2.90. The van der Waals surface area contributed by atoms with Gasteiger partial charge < -0.3 is 14.9 Å². The van der Waals surface area contributed by atoms with Gasteiger partial charge in [-0.15, -0.1) is 0 Å². The fourth-order valence-electron chi connectivity index (χ4n) is 6.15. The van der Waals surface area contributed by atoms with Gasteiger partial charge in [0.1, 0.15) is 6.10 Å². The van der Waals surface area contributed by atoms with Crippen molar-refractivity contribution in [1.82, 2.24) is 0 Å². The van der Waals surface area contributed by atoms with Crippen LogP contribution in [0.4, 0.5) is 0 Å². The molecule has 3 fully saturated rings. The van der Waals surface area contributed by atoms with E-state index in [9.17, 15) is 15.0 Å². The van der Waals surface area contributed by atoms with Crippen LogP contribution in [0.3, 0.4) is 0 Å². The van der Waals surface area contributed by atoms with Gasteiger partial charge in [-0.1, -0.05) is 20.8 Å². The molecule has 0 amide bonds. The van der Waals surface area contributed by atoms with E-state index in [2.05, 4.69) is 20.8 Å². The number of allylic oxidation sites excluding steroid dienone is 1. The molecule has 1 heterocycles. The van der Waals surface area contributed by atoms with Gasteiger partial charge in [-0.2, -0.15) is 0 Å². The number of carbonyl (C=O) groups is 1. The molecule has 0 aromatic carbocycles. The molecule has 2 saturated carbocycles. The Bertz CT molecular complexity index is 566. The molecule has 0 spiro atoms. The van der Waals surface area contributed by atoms with Crippen LogP contribution in [0.5, 0.6) is 0 Å². The van der Waals surface area contributed by atoms with E-state index >= 15 is 0 Å². The van der Waals surface area contributed by atoms with Crippen molar-refractivity contribution < 1.29 is 19.7 Å². The predicted molar refractivity (Wildman–Crippen MR) is 97.0 cm³/mol. The van der Waals surface area contributed by atoms with Gasteiger partial charge in [0.25, 0.3) is 0 Å². The van der Waals surface area contributed by atoms with E-state index in [0.717, 1.165) is 32.1 Å². The molecule has 6 atom stereocenters. The van der Waals surface area contributed by atoms with Crippen LogP contribution >= 0.6 is 0 Å². The lowest BCUT2D eigenvalue weighted by Gasteiger charge is -2.51. The first-order valence-corrected chi connectivity index (χ1v) is 9.91. The molecular weight excluding hydrogens is 316 g/mol. The van der Waals surface area contributed by atoms with Crippen LogP contribution in [0.25, 0.3) is 0 Å². The summed E-state index contributed by atoms with van der Waals surface area (Å²) in [5.41, 5.74) is 0.270. The molecule has 1 aliphatic heterocycles. The SMILES string of the molecule is C[C@H](CCC1C[C@@](C)(O)C(=O)O1)C1CCC2(C)/C(=C/O)CCCC12C. The van der Waals surface area contributed by atoms with Crippen LogP contribution in [0.2, 0.25) is 0 Å². The predicted octanol–water partition coefficient (Wildman–Crippen LogP) is 4.52. The molecule has 0 radical (unpaired) electrons. The number of esters is 1. The number of aliphatic hydroxyl groups is 2. The fraction of sp³-hybridized carbons (Fsp3) is 0.857. The van der Waals surface area contributed by atoms with Crippen LogP contribution in [0.15, 0.2) is 11.8 Å². The summed E-state index contributed by atoms with van der Waals surface area (Å²) in [6.45, 7) is 8.64. The Morgan fingerprint density at radius 1 is 1.32 bits per heavy atom. The van der Waals surface area contributed by atoms with Crippen molar-refractivity contribution in [3.63, 3.8) is 0 Å². The molecule has 3 rings (SSSR count). The van der Waals surface area contributed by atoms with Gasteiger partial charge in [-0.3, -0.25) is 0 Å². The van der Waals surface area contributed by atoms with Gasteiger partial charge >= 0.3 is 5.97 Å². The highest BCUT2D eigenvalue weighted by Crippen LogP contribution is 2.66. The summed E-state index contributed by atoms with van der Waals surface area (Å²) in [6, 6.07) is 0. The van der Waals surface area contributed by atoms with Crippen LogP contribution in [-0.4, -0.2) is 27.9 Å². The lowest BCUT2D eigenvalue weighted by atomic mass is 9.53. The number of cyclic esters (lactones) is 1. The third-order valence-electron chi connectivity index (χ3n) is 8.01. The summed E-state index contributed by atoms with van der Waals surface area (Å²) in [5, 5.41) is 19.7. The first-order valence-electron chi connectivity index (χ1n) is 9.91. The fourth-order valence-corrected chi connectivity index (χ4v) is 6.15. The van der Waals surface area contributed by atoms with Crippen molar-refractivity contribution >= 4 is 5.97 Å². The normalized spacial score (nSPS) is 46.9. The quantitative estimate of drug-likeness (QED) is 0.578. The van der Waals surface area contributed by atoms with E-state index in [4.69, 9.17) is 4.74 Å². The maximum atomic E-state index is 11.7. The molecule has 4 heteroatoms. The minimum Gasteiger partial charge on any atom is -0.516 e. The lowest BCUT2D eigenvalue weighted by Crippen LogP contribution is -2.43. The summed E-state index contributed by atoms with van der Waals surface area (Å²) >= 11 is 0. The minimum absolute atomic E-state index is 0.114. The van der Waals surface area contributed by atoms with Gasteiger partial charge in [0, 0.05) is 6.42 Å². The monoisotopic (exact) mass is 350 g/mol. The minimum atomic E-state index is -1.31. The second kappa shape index (κ2) is 6.29. The third-order valence-corrected chi connectivity index (χ3v) is 8.01. The summed E-state index contributed by atoms with van der Waals surface area (Å²) in [5.74, 6) is 0.704. The van der Waals surface area contributed by atoms with Crippen molar-refractivity contribution in [1.29, 1.82) is 0 Å². The number of hydrogen-bond acceptors (Lipinski definition) is 4. The second-order valence-corrected chi connectivity index (χ2v) is 9.46. The maximum Gasteiger partial charge on any atom is 0.338 e. The summed E-state index contributed by atoms with van der Waals surface area (Å²) in [6.07, 6.45) is 9.25. The number of rotatable bonds is 4. The Labute approximate surface area is 151 Å². The largest absolute Gasteiger partial charge is 0.516 e. The molecule has 0 bridgehead atoms. The highest BCUT2D eigenvalue weighted by atomic mass is 16.6. The van der Waals surface area contributed by atoms with Crippen LogP contribution < -0.4 is 0 Å². The van der Waals surface area contributed by atoms with E-state index in [1.165, 1.54) is 24.7 Å². The molecular formula is C21H34O4. The number of fused-ring (bicyclic) bond motifs is 1. The van der Waals surface area contributed by atoms with Gasteiger partial charge in [0.2, 0.25) is 0 Å². The Morgan fingerprint density at radius 2 is 2.04 bits per heavy atom. The highest BCUT2D eigenvalue weighted by molar-refractivity contribution is 5.80. The molecule has 25 heavy (non-hydrogen) atoms. The Balaban J connectivity index is 1.65. The Hall–Kier alpha value is -1.03. The van der Waals surface area contributed by atoms with Gasteiger partial charge in [0.05, 0.1) is 6.26 Å². The smallest absolute Gasteiger partial charge is 0.338 e. The van der Waals surface area contributed by atoms with Crippen LogP contribution in [-0.2, 0) is 9.53 Å². The first-order chi connectivity index (χ1) is 11.6. The standard InChI is InChI=1S/C21H34O4/c1-14(7-8-16-12-21(4,24)18(23)25-16)17-9-11-19(2)15(13-22)6-5-10-20(17,19)3/h13-14,16-17,22,24H,5-12H2,1-4H3/b15-13+/t14-,16?,17?,19?,20?,21-/m1/s1. The highest BCUT2D eigenvalue weighted by Gasteiger charge is 2.58. The zero-order chi connectivity index (χ0) is 18.5. The van der Waals surface area contributed by atoms with E-state index in [0.29, 0.717) is 18.3 Å². The van der Waals surface area contributed by atoms with Crippen LogP contribution in [0, 0.1) is 22.7 Å². The molecule has 4 nitrogen and oxygen atoms in total. The van der Waals surface area contributed by atoms with E-state index < -0.39 is 11.6 Å². The Morgan fingerprint density at radius 3 is 2.64 bits per heavy atom. The molecule has 142 valence electrons. The van der Waals surface area contributed by atoms with E-state index in [1.54, 1.807) is 6.92 Å². The molecule has 2 N–H and O–H groups in total. The molecule has 0 aromatic rings. The van der Waals surface area contributed by atoms with Gasteiger partial charge in [-0.25, -0.2) is 4.79 Å². The van der Waals surface area contributed by atoms with E-state index in [1.807, 2.05) is 0 Å². The number of ether oxygens (including phenoxy) is 1. The first kappa shape index (κ1) is 18.8. The number of carbonyl (C=O) groups excluding carboxylic acids is 1. The Kier molecular flexibility index (Phi) is 4.72. The number of hydrogen-bond donors (Lipinski definition) is 2. The topological polar surface area (TPSA) is 66.8 Å². The summed E-state index contributed by atoms with van der Waals surface area (Å²) < 4.78 is 5.34. The molecule has 4 unspecified atom stereocenters. The van der Waals surface area contributed by atoms with Gasteiger partial charge in [-0.05, 0) is 80.1 Å². The average Bonchev–Trinajstić information content (AvgIpc) is 2.97. The second-order valence-electron chi connectivity index (χ2n) is 9.46. The lowest BCUT2D eigenvalue weighted by molar-refractivity contribution is -0.153. The van der Waals surface area contributed by atoms with Crippen LogP contribution in [0.1, 0.15) is 79.1 Å². The van der Waals surface area contributed by atoms with Crippen molar-refractivity contribution in [2.24, 2.45) is 22.7 Å². The molecule has 2 aliphatic carbocycles. The van der Waals surface area contributed by atoms with Crippen molar-refractivity contribution in [2.75, 3.05) is 0 Å². The molecule has 1 saturated heterocycles. The molecule has 0 aromatic heterocycles. The average molecular weight is 350 g/mol. The van der Waals surface area contributed by atoms with Crippen molar-refractivity contribution in [3.8, 4) is 0 Å². The summed E-state index contributed by atoms with van der Waals surface area (Å²) in [4.78, 5) is 11.7. The molecule has 3 aliphatic rings. The maximum absolute atomic E-state index is 11.7. The van der Waals surface area contributed by atoms with Gasteiger partial charge in [0.15, 0.2) is 5.60 Å². The van der Waals surface area contributed by atoms with Crippen molar-refractivity contribution in [3.05, 3.63) is 11.8 Å². The van der Waals surface area contributed by atoms with Crippen molar-refractivity contribution in [2.45, 2.75) is 90.8 Å². The van der Waals surface area contributed by atoms with E-state index in [-0.39, 0.29) is 16.9 Å². The zero-order valence-electron chi connectivity index (χ0n) is 16.2. The zero-order valence-corrected chi connectivity index (χ0v) is 16.2. The number of aliphatic hydroxyl groups excluding tert-OH is 1.